The second kappa shape index (κ2) is 4.59. The first-order valence-electron chi connectivity index (χ1n) is 3.99. The molecule has 0 heterocycles. The normalized spacial score (nSPS) is 11.7. The maximum absolute atomic E-state index is 8.44. The minimum Gasteiger partial charge on any atom is -0.387 e. The molecule has 0 unspecified atom stereocenters. The average molecular weight is 179 g/mol. The van der Waals surface area contributed by atoms with Crippen LogP contribution in [0.15, 0.2) is 29.3 Å². The summed E-state index contributed by atoms with van der Waals surface area (Å²) in [5.74, 6) is 0.535. The Labute approximate surface area is 77.1 Å². The van der Waals surface area contributed by atoms with Crippen LogP contribution in [0.1, 0.15) is 12.5 Å². The highest BCUT2D eigenvalue weighted by Gasteiger charge is 1.92. The Morgan fingerprint density at radius 3 is 2.54 bits per heavy atom. The molecule has 0 radical (unpaired) electrons. The molecule has 1 aromatic rings. The number of benzene rings is 1. The van der Waals surface area contributed by atoms with Gasteiger partial charge >= 0.3 is 0 Å². The average Bonchev–Trinajstić information content (AvgIpc) is 2.08. The van der Waals surface area contributed by atoms with Gasteiger partial charge in [-0.1, -0.05) is 12.1 Å². The number of hydrogen-bond donors (Lipinski definition) is 3. The summed E-state index contributed by atoms with van der Waals surface area (Å²) in [4.78, 5) is 4.07. The molecule has 0 spiro atoms. The summed E-state index contributed by atoms with van der Waals surface area (Å²) < 4.78 is 0. The van der Waals surface area contributed by atoms with Crippen LogP contribution in [0, 0.1) is 0 Å². The fourth-order valence-corrected chi connectivity index (χ4v) is 0.983. The maximum atomic E-state index is 8.44. The van der Waals surface area contributed by atoms with Crippen LogP contribution in [0.3, 0.4) is 0 Å². The first kappa shape index (κ1) is 9.70. The SMILES string of the molecule is CC(N)=Nc1ccc(CNO)cc1. The van der Waals surface area contributed by atoms with Crippen LogP contribution in [0.25, 0.3) is 0 Å². The van der Waals surface area contributed by atoms with E-state index in [1.807, 2.05) is 24.3 Å². The van der Waals surface area contributed by atoms with Gasteiger partial charge in [-0.25, -0.2) is 10.5 Å². The van der Waals surface area contributed by atoms with Crippen molar-refractivity contribution in [2.24, 2.45) is 10.7 Å². The Morgan fingerprint density at radius 2 is 2.08 bits per heavy atom. The molecule has 0 amide bonds. The zero-order chi connectivity index (χ0) is 9.68. The maximum Gasteiger partial charge on any atom is 0.0964 e. The Hall–Kier alpha value is -1.39. The summed E-state index contributed by atoms with van der Waals surface area (Å²) in [6.07, 6.45) is 0. The second-order valence-corrected chi connectivity index (χ2v) is 2.75. The summed E-state index contributed by atoms with van der Waals surface area (Å²) in [5, 5.41) is 8.44. The zero-order valence-corrected chi connectivity index (χ0v) is 7.49. The molecular weight excluding hydrogens is 166 g/mol. The van der Waals surface area contributed by atoms with Crippen molar-refractivity contribution in [1.29, 1.82) is 0 Å². The van der Waals surface area contributed by atoms with Gasteiger partial charge in [0.2, 0.25) is 0 Å². The zero-order valence-electron chi connectivity index (χ0n) is 7.49. The lowest BCUT2D eigenvalue weighted by atomic mass is 10.2. The quantitative estimate of drug-likeness (QED) is 0.370. The van der Waals surface area contributed by atoms with Crippen LogP contribution in [0.2, 0.25) is 0 Å². The van der Waals surface area contributed by atoms with Gasteiger partial charge in [-0.15, -0.1) is 0 Å². The third-order valence-corrected chi connectivity index (χ3v) is 1.52. The number of nitrogens with zero attached hydrogens (tertiary/aromatic N) is 1. The Bertz CT molecular complexity index is 288. The molecule has 0 atom stereocenters. The molecular formula is C9H13N3O. The van der Waals surface area contributed by atoms with Crippen molar-refractivity contribution in [3.63, 3.8) is 0 Å². The molecule has 0 aliphatic carbocycles. The van der Waals surface area contributed by atoms with Crippen molar-refractivity contribution >= 4 is 11.5 Å². The van der Waals surface area contributed by atoms with Gasteiger partial charge in [0.1, 0.15) is 0 Å². The predicted octanol–water partition coefficient (Wildman–Crippen LogP) is 1.17. The van der Waals surface area contributed by atoms with Crippen molar-refractivity contribution in [1.82, 2.24) is 5.48 Å². The Kier molecular flexibility index (Phi) is 3.42. The predicted molar refractivity (Wildman–Crippen MR) is 52.0 cm³/mol. The first-order valence-corrected chi connectivity index (χ1v) is 3.99. The second-order valence-electron chi connectivity index (χ2n) is 2.75. The van der Waals surface area contributed by atoms with Crippen molar-refractivity contribution < 1.29 is 5.21 Å². The van der Waals surface area contributed by atoms with Crippen molar-refractivity contribution in [3.8, 4) is 0 Å². The lowest BCUT2D eigenvalue weighted by Gasteiger charge is -1.99. The lowest BCUT2D eigenvalue weighted by Crippen LogP contribution is -2.05. The van der Waals surface area contributed by atoms with Crippen LogP contribution >= 0.6 is 0 Å². The molecule has 4 heteroatoms. The summed E-state index contributed by atoms with van der Waals surface area (Å²) in [6.45, 7) is 2.18. The van der Waals surface area contributed by atoms with E-state index >= 15 is 0 Å². The van der Waals surface area contributed by atoms with Crippen molar-refractivity contribution in [2.45, 2.75) is 13.5 Å². The van der Waals surface area contributed by atoms with Gasteiger partial charge in [-0.2, -0.15) is 0 Å². The number of hydroxylamine groups is 1. The van der Waals surface area contributed by atoms with Crippen LogP contribution in [0.4, 0.5) is 5.69 Å². The van der Waals surface area contributed by atoms with Gasteiger partial charge in [0.15, 0.2) is 0 Å². The molecule has 13 heavy (non-hydrogen) atoms. The Morgan fingerprint density at radius 1 is 1.46 bits per heavy atom. The molecule has 0 saturated carbocycles. The van der Waals surface area contributed by atoms with Gasteiger partial charge in [0.25, 0.3) is 0 Å². The molecule has 0 saturated heterocycles. The summed E-state index contributed by atoms with van der Waals surface area (Å²) in [7, 11) is 0. The fourth-order valence-electron chi connectivity index (χ4n) is 0.983. The summed E-state index contributed by atoms with van der Waals surface area (Å²) >= 11 is 0. The molecule has 0 aliphatic rings. The highest BCUT2D eigenvalue weighted by atomic mass is 16.5. The highest BCUT2D eigenvalue weighted by molar-refractivity contribution is 5.80. The van der Waals surface area contributed by atoms with E-state index < -0.39 is 0 Å². The van der Waals surface area contributed by atoms with E-state index in [9.17, 15) is 0 Å². The van der Waals surface area contributed by atoms with E-state index in [-0.39, 0.29) is 0 Å². The number of aliphatic imine (C=N–C) groups is 1. The smallest absolute Gasteiger partial charge is 0.0964 e. The summed E-state index contributed by atoms with van der Waals surface area (Å²) in [5.41, 5.74) is 9.32. The third-order valence-electron chi connectivity index (χ3n) is 1.52. The molecule has 70 valence electrons. The van der Waals surface area contributed by atoms with Crippen LogP contribution < -0.4 is 11.2 Å². The lowest BCUT2D eigenvalue weighted by molar-refractivity contribution is 0.161. The van der Waals surface area contributed by atoms with Gasteiger partial charge in [-0.05, 0) is 24.6 Å². The third kappa shape index (κ3) is 3.23. The van der Waals surface area contributed by atoms with E-state index in [1.54, 1.807) is 6.92 Å². The van der Waals surface area contributed by atoms with Crippen LogP contribution in [-0.2, 0) is 6.54 Å². The number of amidine groups is 1. The summed E-state index contributed by atoms with van der Waals surface area (Å²) in [6, 6.07) is 7.46. The van der Waals surface area contributed by atoms with E-state index in [1.165, 1.54) is 0 Å². The van der Waals surface area contributed by atoms with Gasteiger partial charge in [-0.3, -0.25) is 0 Å². The minimum absolute atomic E-state index is 0.436. The fraction of sp³-hybridized carbons (Fsp3) is 0.222. The highest BCUT2D eigenvalue weighted by Crippen LogP contribution is 2.12. The van der Waals surface area contributed by atoms with E-state index in [4.69, 9.17) is 10.9 Å². The van der Waals surface area contributed by atoms with E-state index in [2.05, 4.69) is 10.5 Å². The first-order chi connectivity index (χ1) is 6.22. The van der Waals surface area contributed by atoms with E-state index in [0.717, 1.165) is 11.3 Å². The molecule has 0 aliphatic heterocycles. The largest absolute Gasteiger partial charge is 0.387 e. The monoisotopic (exact) mass is 179 g/mol. The van der Waals surface area contributed by atoms with Crippen molar-refractivity contribution in [2.75, 3.05) is 0 Å². The van der Waals surface area contributed by atoms with Crippen molar-refractivity contribution in [3.05, 3.63) is 29.8 Å². The number of nitrogens with one attached hydrogen (secondary N) is 1. The topological polar surface area (TPSA) is 70.6 Å². The van der Waals surface area contributed by atoms with Crippen LogP contribution in [0.5, 0.6) is 0 Å². The Balaban J connectivity index is 2.75. The molecule has 4 nitrogen and oxygen atoms in total. The number of hydrogen-bond acceptors (Lipinski definition) is 3. The van der Waals surface area contributed by atoms with Gasteiger partial charge < -0.3 is 10.9 Å². The molecule has 4 N–H and O–H groups in total. The number of rotatable bonds is 3. The number of nitrogens with two attached hydrogens (primary N) is 1. The van der Waals surface area contributed by atoms with Gasteiger partial charge in [0, 0.05) is 6.54 Å². The van der Waals surface area contributed by atoms with E-state index in [0.29, 0.717) is 12.4 Å². The van der Waals surface area contributed by atoms with Gasteiger partial charge in [0.05, 0.1) is 11.5 Å². The molecule has 0 bridgehead atoms. The minimum atomic E-state index is 0.436. The van der Waals surface area contributed by atoms with Crippen LogP contribution in [-0.4, -0.2) is 11.0 Å². The molecule has 1 aromatic carbocycles. The molecule has 1 rings (SSSR count). The molecule has 0 aromatic heterocycles. The molecule has 0 fully saturated rings. The standard InChI is InChI=1S/C9H13N3O/c1-7(10)12-9-4-2-8(3-5-9)6-11-13/h2-5,11,13H,6H2,1H3,(H2,10,12).